The molecule has 0 saturated heterocycles. The van der Waals surface area contributed by atoms with E-state index in [9.17, 15) is 26.7 Å². The molecule has 0 saturated carbocycles. The second-order valence-electron chi connectivity index (χ2n) is 6.52. The summed E-state index contributed by atoms with van der Waals surface area (Å²) in [6, 6.07) is 11.1. The molecule has 0 bridgehead atoms. The number of aryl methyl sites for hydroxylation is 1. The highest BCUT2D eigenvalue weighted by Crippen LogP contribution is 2.31. The topological polar surface area (TPSA) is 66.4 Å². The molecule has 2 aromatic carbocycles. The molecule has 0 radical (unpaired) electrons. The summed E-state index contributed by atoms with van der Waals surface area (Å²) < 4.78 is 65.3. The van der Waals surface area contributed by atoms with Gasteiger partial charge in [-0.25, -0.2) is 13.1 Å². The minimum absolute atomic E-state index is 0.264. The Kier molecular flexibility index (Phi) is 4.85. The average molecular weight is 385 g/mol. The quantitative estimate of drug-likeness (QED) is 0.851. The van der Waals surface area contributed by atoms with Gasteiger partial charge in [0.05, 0.1) is 16.1 Å². The average Bonchev–Trinajstić information content (AvgIpc) is 2.60. The van der Waals surface area contributed by atoms with Gasteiger partial charge in [0.1, 0.15) is 0 Å². The van der Waals surface area contributed by atoms with Gasteiger partial charge in [-0.3, -0.25) is 0 Å². The first-order valence-corrected chi connectivity index (χ1v) is 9.54. The maximum atomic E-state index is 12.8. The van der Waals surface area contributed by atoms with Crippen LogP contribution in [0.3, 0.4) is 0 Å². The van der Waals surface area contributed by atoms with Crippen molar-refractivity contribution in [2.45, 2.75) is 35.9 Å². The summed E-state index contributed by atoms with van der Waals surface area (Å²) in [6.07, 6.45) is -3.36. The van der Waals surface area contributed by atoms with E-state index >= 15 is 0 Å². The van der Waals surface area contributed by atoms with Gasteiger partial charge in [0.2, 0.25) is 10.0 Å². The number of fused-ring (bicyclic) bond motifs is 1. The molecular formula is C18H18F3NO3S. The second-order valence-corrected chi connectivity index (χ2v) is 8.29. The number of alkyl halides is 3. The van der Waals surface area contributed by atoms with Crippen molar-refractivity contribution in [3.8, 4) is 0 Å². The van der Waals surface area contributed by atoms with Crippen LogP contribution in [0, 0.1) is 0 Å². The van der Waals surface area contributed by atoms with Crippen LogP contribution in [0.5, 0.6) is 0 Å². The summed E-state index contributed by atoms with van der Waals surface area (Å²) in [5.41, 5.74) is -0.258. The summed E-state index contributed by atoms with van der Waals surface area (Å²) in [4.78, 5) is -0.480. The van der Waals surface area contributed by atoms with Crippen LogP contribution in [0.25, 0.3) is 0 Å². The van der Waals surface area contributed by atoms with Gasteiger partial charge in [-0.2, -0.15) is 13.2 Å². The maximum absolute atomic E-state index is 12.8. The number of sulfonamides is 1. The van der Waals surface area contributed by atoms with Crippen LogP contribution in [-0.2, 0) is 29.0 Å². The second kappa shape index (κ2) is 6.68. The molecule has 1 aliphatic carbocycles. The van der Waals surface area contributed by atoms with Gasteiger partial charge in [-0.05, 0) is 42.2 Å². The standard InChI is InChI=1S/C18H18F3NO3S/c19-18(20,21)15-6-3-7-16(10-15)26(24,25)22-12-17(23)9-8-13-4-1-2-5-14(13)11-17/h1-7,10,22-23H,8-9,11-12H2. The highest BCUT2D eigenvalue weighted by molar-refractivity contribution is 7.89. The Labute approximate surface area is 149 Å². The molecule has 2 aromatic rings. The molecule has 0 heterocycles. The predicted octanol–water partition coefficient (Wildman–Crippen LogP) is 2.90. The molecule has 3 rings (SSSR count). The summed E-state index contributed by atoms with van der Waals surface area (Å²) in [7, 11) is -4.17. The minimum atomic E-state index is -4.63. The molecule has 2 N–H and O–H groups in total. The first-order valence-electron chi connectivity index (χ1n) is 8.05. The Balaban J connectivity index is 1.75. The summed E-state index contributed by atoms with van der Waals surface area (Å²) in [6.45, 7) is -0.264. The van der Waals surface area contributed by atoms with E-state index in [-0.39, 0.29) is 13.0 Å². The monoisotopic (exact) mass is 385 g/mol. The number of aliphatic hydroxyl groups is 1. The summed E-state index contributed by atoms with van der Waals surface area (Å²) in [5.74, 6) is 0. The van der Waals surface area contributed by atoms with E-state index in [1.54, 1.807) is 0 Å². The summed E-state index contributed by atoms with van der Waals surface area (Å²) in [5, 5.41) is 10.7. The fourth-order valence-electron chi connectivity index (χ4n) is 3.09. The number of hydrogen-bond donors (Lipinski definition) is 2. The van der Waals surface area contributed by atoms with Gasteiger partial charge in [-0.1, -0.05) is 30.3 Å². The van der Waals surface area contributed by atoms with E-state index in [2.05, 4.69) is 4.72 Å². The third-order valence-electron chi connectivity index (χ3n) is 4.56. The van der Waals surface area contributed by atoms with Crippen LogP contribution in [-0.4, -0.2) is 25.7 Å². The predicted molar refractivity (Wildman–Crippen MR) is 90.0 cm³/mol. The van der Waals surface area contributed by atoms with E-state index in [4.69, 9.17) is 0 Å². The minimum Gasteiger partial charge on any atom is -0.388 e. The zero-order valence-electron chi connectivity index (χ0n) is 13.8. The molecule has 1 atom stereocenters. The van der Waals surface area contributed by atoms with Crippen molar-refractivity contribution in [1.29, 1.82) is 0 Å². The molecule has 0 fully saturated rings. The smallest absolute Gasteiger partial charge is 0.388 e. The first-order chi connectivity index (χ1) is 12.1. The SMILES string of the molecule is O=S(=O)(NCC1(O)CCc2ccccc2C1)c1cccc(C(F)(F)F)c1. The molecule has 8 heteroatoms. The van der Waals surface area contributed by atoms with Crippen molar-refractivity contribution >= 4 is 10.0 Å². The van der Waals surface area contributed by atoms with Gasteiger partial charge in [0.15, 0.2) is 0 Å². The third kappa shape index (κ3) is 4.08. The van der Waals surface area contributed by atoms with Crippen molar-refractivity contribution in [3.63, 3.8) is 0 Å². The first kappa shape index (κ1) is 18.9. The van der Waals surface area contributed by atoms with E-state index in [0.29, 0.717) is 18.9 Å². The zero-order valence-corrected chi connectivity index (χ0v) is 14.6. The molecule has 1 unspecified atom stereocenters. The fraction of sp³-hybridized carbons (Fsp3) is 0.333. The normalized spacial score (nSPS) is 20.6. The Bertz CT molecular complexity index is 912. The number of rotatable bonds is 4. The lowest BCUT2D eigenvalue weighted by molar-refractivity contribution is -0.137. The van der Waals surface area contributed by atoms with E-state index in [1.807, 2.05) is 24.3 Å². The molecule has 1 aliphatic rings. The van der Waals surface area contributed by atoms with Crippen molar-refractivity contribution in [2.24, 2.45) is 0 Å². The lowest BCUT2D eigenvalue weighted by Gasteiger charge is -2.33. The largest absolute Gasteiger partial charge is 0.416 e. The van der Waals surface area contributed by atoms with E-state index < -0.39 is 32.3 Å². The number of benzene rings is 2. The van der Waals surface area contributed by atoms with Crippen molar-refractivity contribution in [3.05, 3.63) is 65.2 Å². The highest BCUT2D eigenvalue weighted by atomic mass is 32.2. The maximum Gasteiger partial charge on any atom is 0.416 e. The van der Waals surface area contributed by atoms with Crippen LogP contribution in [0.2, 0.25) is 0 Å². The van der Waals surface area contributed by atoms with E-state index in [1.165, 1.54) is 0 Å². The molecular weight excluding hydrogens is 367 g/mol. The lowest BCUT2D eigenvalue weighted by atomic mass is 9.80. The number of hydrogen-bond acceptors (Lipinski definition) is 3. The van der Waals surface area contributed by atoms with Crippen LogP contribution >= 0.6 is 0 Å². The van der Waals surface area contributed by atoms with Crippen molar-refractivity contribution < 1.29 is 26.7 Å². The highest BCUT2D eigenvalue weighted by Gasteiger charge is 2.34. The van der Waals surface area contributed by atoms with Gasteiger partial charge in [0, 0.05) is 13.0 Å². The third-order valence-corrected chi connectivity index (χ3v) is 5.96. The van der Waals surface area contributed by atoms with Crippen molar-refractivity contribution in [2.75, 3.05) is 6.54 Å². The number of nitrogens with one attached hydrogen (secondary N) is 1. The van der Waals surface area contributed by atoms with Gasteiger partial charge < -0.3 is 5.11 Å². The Hall–Kier alpha value is -1.90. The van der Waals surface area contributed by atoms with Crippen LogP contribution in [0.15, 0.2) is 53.4 Å². The van der Waals surface area contributed by atoms with Crippen LogP contribution in [0.4, 0.5) is 13.2 Å². The van der Waals surface area contributed by atoms with Crippen LogP contribution in [0.1, 0.15) is 23.1 Å². The molecule has 4 nitrogen and oxygen atoms in total. The molecule has 140 valence electrons. The molecule has 0 amide bonds. The lowest BCUT2D eigenvalue weighted by Crippen LogP contribution is -2.46. The fourth-order valence-corrected chi connectivity index (χ4v) is 4.25. The molecule has 0 aromatic heterocycles. The van der Waals surface area contributed by atoms with Crippen molar-refractivity contribution in [1.82, 2.24) is 4.72 Å². The van der Waals surface area contributed by atoms with Gasteiger partial charge >= 0.3 is 6.18 Å². The Morgan fingerprint density at radius 1 is 1.08 bits per heavy atom. The van der Waals surface area contributed by atoms with Crippen LogP contribution < -0.4 is 4.72 Å². The zero-order chi connectivity index (χ0) is 19.0. The van der Waals surface area contributed by atoms with Gasteiger partial charge in [-0.15, -0.1) is 0 Å². The summed E-state index contributed by atoms with van der Waals surface area (Å²) >= 11 is 0. The van der Waals surface area contributed by atoms with Gasteiger partial charge in [0.25, 0.3) is 0 Å². The Morgan fingerprint density at radius 2 is 1.77 bits per heavy atom. The molecule has 26 heavy (non-hydrogen) atoms. The molecule has 0 spiro atoms. The van der Waals surface area contributed by atoms with E-state index in [0.717, 1.165) is 29.3 Å². The number of halogens is 3. The Morgan fingerprint density at radius 3 is 2.46 bits per heavy atom. The molecule has 0 aliphatic heterocycles.